The van der Waals surface area contributed by atoms with E-state index in [-0.39, 0.29) is 18.3 Å². The zero-order chi connectivity index (χ0) is 13.1. The Bertz CT molecular complexity index is 562. The first-order chi connectivity index (χ1) is 8.60. The van der Waals surface area contributed by atoms with Crippen LogP contribution in [0.15, 0.2) is 24.4 Å². The molecule has 102 valence electrons. The topological polar surface area (TPSA) is 85.8 Å². The predicted octanol–water partition coefficient (Wildman–Crippen LogP) is 1.26. The molecule has 19 heavy (non-hydrogen) atoms. The van der Waals surface area contributed by atoms with Crippen LogP contribution in [0.2, 0.25) is 0 Å². The Balaban J connectivity index is 0.00000180. The molecule has 0 aliphatic rings. The minimum atomic E-state index is -0.217. The van der Waals surface area contributed by atoms with Gasteiger partial charge in [0.15, 0.2) is 5.82 Å². The average molecular weight is 282 g/mol. The number of halogens is 1. The van der Waals surface area contributed by atoms with Crippen LogP contribution in [0.5, 0.6) is 0 Å². The molecule has 0 saturated heterocycles. The van der Waals surface area contributed by atoms with E-state index in [1.807, 2.05) is 20.0 Å². The van der Waals surface area contributed by atoms with Crippen molar-refractivity contribution in [3.8, 4) is 0 Å². The Labute approximate surface area is 117 Å². The van der Waals surface area contributed by atoms with Crippen molar-refractivity contribution < 1.29 is 4.79 Å². The fourth-order valence-corrected chi connectivity index (χ4v) is 1.54. The quantitative estimate of drug-likeness (QED) is 0.887. The molecule has 0 aliphatic heterocycles. The van der Waals surface area contributed by atoms with Gasteiger partial charge >= 0.3 is 0 Å². The summed E-state index contributed by atoms with van der Waals surface area (Å²) in [6.45, 7) is 2.23. The maximum atomic E-state index is 12.0. The third kappa shape index (κ3) is 3.52. The van der Waals surface area contributed by atoms with Crippen molar-refractivity contribution in [3.63, 3.8) is 0 Å². The number of aryl methyl sites for hydroxylation is 2. The van der Waals surface area contributed by atoms with E-state index in [9.17, 15) is 4.79 Å². The van der Waals surface area contributed by atoms with E-state index in [0.717, 1.165) is 5.69 Å². The summed E-state index contributed by atoms with van der Waals surface area (Å²) < 4.78 is 1.70. The van der Waals surface area contributed by atoms with Crippen LogP contribution in [0.1, 0.15) is 21.7 Å². The van der Waals surface area contributed by atoms with Crippen molar-refractivity contribution in [3.05, 3.63) is 41.3 Å². The zero-order valence-corrected chi connectivity index (χ0v) is 11.6. The fraction of sp³-hybridized carbons (Fsp3) is 0.250. The lowest BCUT2D eigenvalue weighted by molar-refractivity contribution is 0.102. The van der Waals surface area contributed by atoms with Crippen molar-refractivity contribution in [1.29, 1.82) is 0 Å². The molecule has 6 nitrogen and oxygen atoms in total. The van der Waals surface area contributed by atoms with E-state index >= 15 is 0 Å². The van der Waals surface area contributed by atoms with Gasteiger partial charge in [-0.2, -0.15) is 5.10 Å². The van der Waals surface area contributed by atoms with Crippen LogP contribution in [0.4, 0.5) is 5.82 Å². The minimum Gasteiger partial charge on any atom is -0.325 e. The number of nitrogens with zero attached hydrogens (tertiary/aromatic N) is 3. The van der Waals surface area contributed by atoms with E-state index < -0.39 is 0 Å². The summed E-state index contributed by atoms with van der Waals surface area (Å²) in [6.07, 6.45) is 1.57. The van der Waals surface area contributed by atoms with Crippen molar-refractivity contribution >= 4 is 24.1 Å². The highest BCUT2D eigenvalue weighted by atomic mass is 35.5. The number of amides is 1. The number of anilines is 1. The van der Waals surface area contributed by atoms with Crippen LogP contribution in [-0.2, 0) is 13.6 Å². The molecular formula is C12H16ClN5O. The first-order valence-electron chi connectivity index (χ1n) is 5.57. The van der Waals surface area contributed by atoms with Gasteiger partial charge in [-0.25, -0.2) is 0 Å². The molecular weight excluding hydrogens is 266 g/mol. The van der Waals surface area contributed by atoms with Crippen molar-refractivity contribution in [1.82, 2.24) is 14.8 Å². The van der Waals surface area contributed by atoms with E-state index in [2.05, 4.69) is 15.4 Å². The van der Waals surface area contributed by atoms with Gasteiger partial charge in [-0.15, -0.1) is 12.4 Å². The van der Waals surface area contributed by atoms with Gasteiger partial charge in [-0.3, -0.25) is 14.5 Å². The summed E-state index contributed by atoms with van der Waals surface area (Å²) in [5.41, 5.74) is 7.66. The molecule has 0 bridgehead atoms. The summed E-state index contributed by atoms with van der Waals surface area (Å²) in [5.74, 6) is 0.316. The minimum absolute atomic E-state index is 0. The van der Waals surface area contributed by atoms with Gasteiger partial charge in [-0.05, 0) is 19.1 Å². The average Bonchev–Trinajstić information content (AvgIpc) is 2.68. The van der Waals surface area contributed by atoms with Crippen molar-refractivity contribution in [2.75, 3.05) is 5.32 Å². The standard InChI is InChI=1S/C12H15N5O.ClH/c1-8-5-11(16-17(8)2)15-12(18)9-3-4-14-10(6-9)7-13;/h3-6H,7,13H2,1-2H3,(H,15,16,18);1H. The number of nitrogens with two attached hydrogens (primary N) is 1. The first-order valence-corrected chi connectivity index (χ1v) is 5.57. The van der Waals surface area contributed by atoms with E-state index in [1.54, 1.807) is 23.0 Å². The molecule has 0 saturated carbocycles. The number of hydrogen-bond donors (Lipinski definition) is 2. The number of pyridine rings is 1. The first kappa shape index (κ1) is 15.1. The number of nitrogens with one attached hydrogen (secondary N) is 1. The van der Waals surface area contributed by atoms with Gasteiger partial charge in [0.05, 0.1) is 5.69 Å². The van der Waals surface area contributed by atoms with Crippen LogP contribution in [0.3, 0.4) is 0 Å². The Morgan fingerprint density at radius 1 is 1.47 bits per heavy atom. The summed E-state index contributed by atoms with van der Waals surface area (Å²) in [5, 5.41) is 6.89. The summed E-state index contributed by atoms with van der Waals surface area (Å²) in [7, 11) is 1.82. The Morgan fingerprint density at radius 3 is 2.79 bits per heavy atom. The molecule has 1 amide bonds. The summed E-state index contributed by atoms with van der Waals surface area (Å²) >= 11 is 0. The van der Waals surface area contributed by atoms with E-state index in [0.29, 0.717) is 23.6 Å². The molecule has 2 rings (SSSR count). The maximum absolute atomic E-state index is 12.0. The SMILES string of the molecule is Cc1cc(NC(=O)c2ccnc(CN)c2)nn1C.Cl. The lowest BCUT2D eigenvalue weighted by atomic mass is 10.2. The number of carbonyl (C=O) groups is 1. The van der Waals surface area contributed by atoms with Crippen LogP contribution >= 0.6 is 12.4 Å². The molecule has 0 aliphatic carbocycles. The highest BCUT2D eigenvalue weighted by Crippen LogP contribution is 2.09. The molecule has 0 aromatic carbocycles. The van der Waals surface area contributed by atoms with Gasteiger partial charge in [0, 0.05) is 37.1 Å². The molecule has 2 aromatic heterocycles. The highest BCUT2D eigenvalue weighted by molar-refractivity contribution is 6.03. The van der Waals surface area contributed by atoms with E-state index in [1.165, 1.54) is 0 Å². The lowest BCUT2D eigenvalue weighted by Gasteiger charge is -2.03. The van der Waals surface area contributed by atoms with Crippen LogP contribution in [0, 0.1) is 6.92 Å². The highest BCUT2D eigenvalue weighted by Gasteiger charge is 2.09. The summed E-state index contributed by atoms with van der Waals surface area (Å²) in [6, 6.07) is 5.12. The number of hydrogen-bond acceptors (Lipinski definition) is 4. The van der Waals surface area contributed by atoms with Crippen LogP contribution in [-0.4, -0.2) is 20.7 Å². The van der Waals surface area contributed by atoms with Gasteiger partial charge < -0.3 is 11.1 Å². The Hall–Kier alpha value is -1.92. The fourth-order valence-electron chi connectivity index (χ4n) is 1.54. The molecule has 3 N–H and O–H groups in total. The Morgan fingerprint density at radius 2 is 2.21 bits per heavy atom. The zero-order valence-electron chi connectivity index (χ0n) is 10.8. The number of rotatable bonds is 3. The second kappa shape index (κ2) is 6.31. The lowest BCUT2D eigenvalue weighted by Crippen LogP contribution is -2.13. The van der Waals surface area contributed by atoms with Gasteiger partial charge in [-0.1, -0.05) is 0 Å². The van der Waals surface area contributed by atoms with Gasteiger partial charge in [0.25, 0.3) is 5.91 Å². The molecule has 7 heteroatoms. The second-order valence-electron chi connectivity index (χ2n) is 3.99. The van der Waals surface area contributed by atoms with Crippen LogP contribution in [0.25, 0.3) is 0 Å². The third-order valence-electron chi connectivity index (χ3n) is 2.64. The second-order valence-corrected chi connectivity index (χ2v) is 3.99. The third-order valence-corrected chi connectivity index (χ3v) is 2.64. The molecule has 2 heterocycles. The number of aromatic nitrogens is 3. The van der Waals surface area contributed by atoms with Gasteiger partial charge in [0.2, 0.25) is 0 Å². The van der Waals surface area contributed by atoms with Crippen molar-refractivity contribution in [2.24, 2.45) is 12.8 Å². The smallest absolute Gasteiger partial charge is 0.256 e. The maximum Gasteiger partial charge on any atom is 0.256 e. The van der Waals surface area contributed by atoms with Crippen LogP contribution < -0.4 is 11.1 Å². The molecule has 0 fully saturated rings. The summed E-state index contributed by atoms with van der Waals surface area (Å²) in [4.78, 5) is 16.0. The Kier molecular flexibility index (Phi) is 5.02. The molecule has 0 radical (unpaired) electrons. The van der Waals surface area contributed by atoms with Crippen molar-refractivity contribution in [2.45, 2.75) is 13.5 Å². The molecule has 0 atom stereocenters. The van der Waals surface area contributed by atoms with Gasteiger partial charge in [0.1, 0.15) is 0 Å². The predicted molar refractivity (Wildman–Crippen MR) is 75.3 cm³/mol. The molecule has 0 unspecified atom stereocenters. The number of carbonyl (C=O) groups excluding carboxylic acids is 1. The molecule has 0 spiro atoms. The monoisotopic (exact) mass is 281 g/mol. The van der Waals surface area contributed by atoms with E-state index in [4.69, 9.17) is 5.73 Å². The largest absolute Gasteiger partial charge is 0.325 e. The normalized spacial score (nSPS) is 9.84. The molecule has 2 aromatic rings.